The van der Waals surface area contributed by atoms with E-state index < -0.39 is 0 Å². The summed E-state index contributed by atoms with van der Waals surface area (Å²) in [5.41, 5.74) is 0. The van der Waals surface area contributed by atoms with Gasteiger partial charge in [-0.1, -0.05) is 5.16 Å². The summed E-state index contributed by atoms with van der Waals surface area (Å²) < 4.78 is 20.4. The van der Waals surface area contributed by atoms with Crippen LogP contribution in [0.25, 0.3) is 0 Å². The van der Waals surface area contributed by atoms with E-state index in [-0.39, 0.29) is 0 Å². The molecule has 0 bridgehead atoms. The summed E-state index contributed by atoms with van der Waals surface area (Å²) in [4.78, 5) is 4.12. The number of hydrogen-bond donors (Lipinski definition) is 1. The van der Waals surface area contributed by atoms with Crippen molar-refractivity contribution in [2.45, 2.75) is 13.3 Å². The summed E-state index contributed by atoms with van der Waals surface area (Å²) in [7, 11) is 1.65. The van der Waals surface area contributed by atoms with Crippen molar-refractivity contribution in [3.05, 3.63) is 11.7 Å². The van der Waals surface area contributed by atoms with E-state index in [0.29, 0.717) is 38.9 Å². The number of methoxy groups -OCH3 is 1. The molecule has 0 saturated heterocycles. The zero-order chi connectivity index (χ0) is 13.8. The van der Waals surface area contributed by atoms with E-state index in [1.165, 1.54) is 0 Å². The Labute approximate surface area is 113 Å². The van der Waals surface area contributed by atoms with Gasteiger partial charge in [0.15, 0.2) is 5.82 Å². The average Bonchev–Trinajstić information content (AvgIpc) is 2.82. The molecule has 0 unspecified atom stereocenters. The van der Waals surface area contributed by atoms with Crippen LogP contribution in [0.1, 0.15) is 11.7 Å². The summed E-state index contributed by atoms with van der Waals surface area (Å²) >= 11 is 0. The number of aromatic nitrogens is 2. The van der Waals surface area contributed by atoms with Crippen LogP contribution in [0.5, 0.6) is 0 Å². The molecule has 19 heavy (non-hydrogen) atoms. The third-order valence-corrected chi connectivity index (χ3v) is 2.32. The first kappa shape index (κ1) is 16.0. The molecule has 1 rings (SSSR count). The van der Waals surface area contributed by atoms with Gasteiger partial charge in [-0.05, 0) is 0 Å². The highest BCUT2D eigenvalue weighted by atomic mass is 16.5. The standard InChI is InChI=1S/C12H23N3O4/c1-11-14-12(15-19-11)3-4-13-5-6-17-9-10-18-8-7-16-2/h13H,3-10H2,1-2H3. The van der Waals surface area contributed by atoms with Crippen molar-refractivity contribution in [3.8, 4) is 0 Å². The minimum atomic E-state index is 0.603. The van der Waals surface area contributed by atoms with Crippen LogP contribution in [0.15, 0.2) is 4.52 Å². The van der Waals surface area contributed by atoms with Crippen molar-refractivity contribution < 1.29 is 18.7 Å². The summed E-state index contributed by atoms with van der Waals surface area (Å²) in [5.74, 6) is 1.34. The van der Waals surface area contributed by atoms with Crippen LogP contribution in [0.4, 0.5) is 0 Å². The molecule has 0 spiro atoms. The number of nitrogens with zero attached hydrogens (tertiary/aromatic N) is 2. The maximum absolute atomic E-state index is 5.39. The highest BCUT2D eigenvalue weighted by molar-refractivity contribution is 4.84. The van der Waals surface area contributed by atoms with E-state index >= 15 is 0 Å². The van der Waals surface area contributed by atoms with Crippen LogP contribution in [-0.2, 0) is 20.6 Å². The molecular weight excluding hydrogens is 250 g/mol. The molecule has 0 amide bonds. The van der Waals surface area contributed by atoms with Gasteiger partial charge in [0, 0.05) is 33.5 Å². The quantitative estimate of drug-likeness (QED) is 0.545. The van der Waals surface area contributed by atoms with Crippen molar-refractivity contribution in [1.82, 2.24) is 15.5 Å². The number of hydrogen-bond acceptors (Lipinski definition) is 7. The highest BCUT2D eigenvalue weighted by Gasteiger charge is 2.00. The van der Waals surface area contributed by atoms with E-state index in [9.17, 15) is 0 Å². The van der Waals surface area contributed by atoms with Crippen molar-refractivity contribution >= 4 is 0 Å². The lowest BCUT2D eigenvalue weighted by atomic mass is 10.4. The molecule has 1 aromatic rings. The second-order valence-electron chi connectivity index (χ2n) is 3.95. The van der Waals surface area contributed by atoms with Crippen molar-refractivity contribution in [2.75, 3.05) is 53.2 Å². The average molecular weight is 273 g/mol. The molecule has 0 atom stereocenters. The molecule has 110 valence electrons. The number of aryl methyl sites for hydroxylation is 1. The molecule has 1 aromatic heterocycles. The Morgan fingerprint density at radius 2 is 1.79 bits per heavy atom. The molecule has 7 heteroatoms. The van der Waals surface area contributed by atoms with Gasteiger partial charge >= 0.3 is 0 Å². The monoisotopic (exact) mass is 273 g/mol. The maximum Gasteiger partial charge on any atom is 0.223 e. The first-order valence-electron chi connectivity index (χ1n) is 6.47. The van der Waals surface area contributed by atoms with Gasteiger partial charge < -0.3 is 24.1 Å². The van der Waals surface area contributed by atoms with E-state index in [1.807, 2.05) is 0 Å². The van der Waals surface area contributed by atoms with E-state index in [4.69, 9.17) is 18.7 Å². The largest absolute Gasteiger partial charge is 0.382 e. The molecule has 0 aliphatic rings. The van der Waals surface area contributed by atoms with Crippen LogP contribution in [0.2, 0.25) is 0 Å². The summed E-state index contributed by atoms with van der Waals surface area (Å²) in [5, 5.41) is 7.06. The fraction of sp³-hybridized carbons (Fsp3) is 0.833. The molecule has 0 fully saturated rings. The molecule has 7 nitrogen and oxygen atoms in total. The molecular formula is C12H23N3O4. The molecule has 1 N–H and O–H groups in total. The summed E-state index contributed by atoms with van der Waals surface area (Å²) in [6.07, 6.45) is 0.761. The Morgan fingerprint density at radius 1 is 1.05 bits per heavy atom. The Hall–Kier alpha value is -1.02. The van der Waals surface area contributed by atoms with Crippen LogP contribution in [0, 0.1) is 6.92 Å². The predicted molar refractivity (Wildman–Crippen MR) is 69.1 cm³/mol. The zero-order valence-electron chi connectivity index (χ0n) is 11.7. The van der Waals surface area contributed by atoms with Gasteiger partial charge in [0.05, 0.1) is 33.0 Å². The number of nitrogens with one attached hydrogen (secondary N) is 1. The second-order valence-corrected chi connectivity index (χ2v) is 3.95. The SMILES string of the molecule is COCCOCCOCCNCCc1noc(C)n1. The first-order valence-corrected chi connectivity index (χ1v) is 6.47. The minimum absolute atomic E-state index is 0.603. The van der Waals surface area contributed by atoms with Crippen molar-refractivity contribution in [1.29, 1.82) is 0 Å². The predicted octanol–water partition coefficient (Wildman–Crippen LogP) is 0.190. The molecule has 0 radical (unpaired) electrons. The molecule has 1 heterocycles. The van der Waals surface area contributed by atoms with Gasteiger partial charge in [-0.25, -0.2) is 0 Å². The smallest absolute Gasteiger partial charge is 0.223 e. The van der Waals surface area contributed by atoms with Gasteiger partial charge in [0.25, 0.3) is 0 Å². The second kappa shape index (κ2) is 10.9. The van der Waals surface area contributed by atoms with Crippen LogP contribution >= 0.6 is 0 Å². The molecule has 0 aliphatic heterocycles. The molecule has 0 saturated carbocycles. The summed E-state index contributed by atoms with van der Waals surface area (Å²) in [6.45, 7) is 6.51. The fourth-order valence-corrected chi connectivity index (χ4v) is 1.38. The van der Waals surface area contributed by atoms with Gasteiger partial charge in [-0.2, -0.15) is 4.98 Å². The van der Waals surface area contributed by atoms with Gasteiger partial charge in [0.2, 0.25) is 5.89 Å². The van der Waals surface area contributed by atoms with Gasteiger partial charge in [0.1, 0.15) is 0 Å². The normalized spacial score (nSPS) is 11.1. The Bertz CT molecular complexity index is 320. The van der Waals surface area contributed by atoms with E-state index in [0.717, 1.165) is 25.3 Å². The van der Waals surface area contributed by atoms with Crippen molar-refractivity contribution in [3.63, 3.8) is 0 Å². The first-order chi connectivity index (χ1) is 9.33. The van der Waals surface area contributed by atoms with Gasteiger partial charge in [-0.3, -0.25) is 0 Å². The summed E-state index contributed by atoms with van der Waals surface area (Å²) in [6, 6.07) is 0. The van der Waals surface area contributed by atoms with E-state index in [2.05, 4.69) is 15.5 Å². The van der Waals surface area contributed by atoms with E-state index in [1.54, 1.807) is 14.0 Å². The fourth-order valence-electron chi connectivity index (χ4n) is 1.38. The number of ether oxygens (including phenoxy) is 3. The Kier molecular flexibility index (Phi) is 9.17. The lowest BCUT2D eigenvalue weighted by molar-refractivity contribution is 0.0256. The Morgan fingerprint density at radius 3 is 2.47 bits per heavy atom. The zero-order valence-corrected chi connectivity index (χ0v) is 11.7. The van der Waals surface area contributed by atoms with Crippen molar-refractivity contribution in [2.24, 2.45) is 0 Å². The molecule has 0 aliphatic carbocycles. The lowest BCUT2D eigenvalue weighted by Gasteiger charge is -2.06. The Balaban J connectivity index is 1.79. The lowest BCUT2D eigenvalue weighted by Crippen LogP contribution is -2.23. The minimum Gasteiger partial charge on any atom is -0.382 e. The maximum atomic E-state index is 5.39. The van der Waals surface area contributed by atoms with Crippen LogP contribution < -0.4 is 5.32 Å². The topological polar surface area (TPSA) is 78.6 Å². The van der Waals surface area contributed by atoms with Crippen LogP contribution in [0.3, 0.4) is 0 Å². The van der Waals surface area contributed by atoms with Crippen LogP contribution in [-0.4, -0.2) is 63.4 Å². The van der Waals surface area contributed by atoms with Gasteiger partial charge in [-0.15, -0.1) is 0 Å². The highest BCUT2D eigenvalue weighted by Crippen LogP contribution is 1.94. The third-order valence-electron chi connectivity index (χ3n) is 2.32. The third kappa shape index (κ3) is 8.66. The molecule has 0 aromatic carbocycles. The number of rotatable bonds is 12.